The quantitative estimate of drug-likeness (QED) is 0.148. The lowest BCUT2D eigenvalue weighted by molar-refractivity contribution is -0.268. The van der Waals surface area contributed by atoms with Gasteiger partial charge < -0.3 is 33.0 Å². The number of benzene rings is 2. The van der Waals surface area contributed by atoms with E-state index in [1.54, 1.807) is 23.8 Å². The van der Waals surface area contributed by atoms with Gasteiger partial charge in [-0.1, -0.05) is 48.6 Å². The molecule has 2 aliphatic rings. The van der Waals surface area contributed by atoms with E-state index in [9.17, 15) is 24.4 Å². The van der Waals surface area contributed by atoms with Crippen LogP contribution in [0.1, 0.15) is 50.6 Å². The third-order valence-electron chi connectivity index (χ3n) is 7.86. The molecule has 5 atom stereocenters. The number of rotatable bonds is 8. The molecule has 0 unspecified atom stereocenters. The van der Waals surface area contributed by atoms with Crippen molar-refractivity contribution >= 4 is 36.1 Å². The number of carbonyl (C=O) groups is 4. The molecule has 5 rings (SSSR count). The Hall–Kier alpha value is -5.06. The highest BCUT2D eigenvalue weighted by Gasteiger charge is 2.53. The fourth-order valence-electron chi connectivity index (χ4n) is 6.14. The molecule has 2 aromatic carbocycles. The van der Waals surface area contributed by atoms with Crippen LogP contribution in [0.3, 0.4) is 0 Å². The van der Waals surface area contributed by atoms with Gasteiger partial charge in [-0.3, -0.25) is 19.2 Å². The average Bonchev–Trinajstić information content (AvgIpc) is 3.40. The van der Waals surface area contributed by atoms with Crippen LogP contribution in [0.15, 0.2) is 48.5 Å². The minimum atomic E-state index is -1.42. The molecule has 1 aromatic heterocycles. The van der Waals surface area contributed by atoms with E-state index < -0.39 is 61.1 Å². The van der Waals surface area contributed by atoms with Crippen LogP contribution in [0.4, 0.5) is 0 Å². The van der Waals surface area contributed by atoms with Crippen LogP contribution in [0.5, 0.6) is 5.75 Å². The molecule has 0 radical (unpaired) electrons. The van der Waals surface area contributed by atoms with E-state index in [0.29, 0.717) is 23.4 Å². The summed E-state index contributed by atoms with van der Waals surface area (Å²) in [6, 6.07) is 17.1. The number of aromatic nitrogens is 1. The summed E-state index contributed by atoms with van der Waals surface area (Å²) < 4.78 is 35.7. The largest absolute Gasteiger partial charge is 0.497 e. The molecular weight excluding hydrogens is 628 g/mol. The molecule has 1 fully saturated rings. The van der Waals surface area contributed by atoms with Crippen molar-refractivity contribution in [1.29, 1.82) is 5.26 Å². The maximum Gasteiger partial charge on any atom is 0.303 e. The summed E-state index contributed by atoms with van der Waals surface area (Å²) in [7, 11) is 1.56. The summed E-state index contributed by atoms with van der Waals surface area (Å²) in [6.07, 6.45) is -6.29. The first kappa shape index (κ1) is 33.3. The third-order valence-corrected chi connectivity index (χ3v) is 8.26. The molecule has 0 bridgehead atoms. The van der Waals surface area contributed by atoms with Crippen LogP contribution in [-0.2, 0) is 49.3 Å². The van der Waals surface area contributed by atoms with Crippen molar-refractivity contribution in [3.63, 3.8) is 0 Å². The maximum atomic E-state index is 12.6. The van der Waals surface area contributed by atoms with Crippen molar-refractivity contribution in [3.8, 4) is 34.2 Å². The van der Waals surface area contributed by atoms with E-state index in [0.717, 1.165) is 36.1 Å². The van der Waals surface area contributed by atoms with Gasteiger partial charge >= 0.3 is 23.9 Å². The number of esters is 4. The van der Waals surface area contributed by atoms with Gasteiger partial charge in [-0.2, -0.15) is 5.26 Å². The number of carbonyl (C=O) groups excluding carboxylic acids is 4. The van der Waals surface area contributed by atoms with Crippen molar-refractivity contribution in [2.24, 2.45) is 0 Å². The van der Waals surface area contributed by atoms with E-state index in [2.05, 4.69) is 6.07 Å². The molecule has 47 heavy (non-hydrogen) atoms. The van der Waals surface area contributed by atoms with Gasteiger partial charge in [0.25, 0.3) is 0 Å². The van der Waals surface area contributed by atoms with Gasteiger partial charge in [-0.25, -0.2) is 0 Å². The topological polar surface area (TPSA) is 152 Å². The summed E-state index contributed by atoms with van der Waals surface area (Å²) in [5.74, 6) is -2.26. The second kappa shape index (κ2) is 13.7. The van der Waals surface area contributed by atoms with Crippen LogP contribution < -0.4 is 4.74 Å². The molecule has 13 heteroatoms. The van der Waals surface area contributed by atoms with Crippen molar-refractivity contribution < 1.29 is 47.6 Å². The number of fused-ring (bicyclic) bond motifs is 3. The normalized spacial score (nSPS) is 21.0. The molecule has 0 amide bonds. The van der Waals surface area contributed by atoms with E-state index >= 15 is 0 Å². The molecule has 1 aliphatic heterocycles. The highest BCUT2D eigenvalue weighted by Crippen LogP contribution is 2.47. The minimum absolute atomic E-state index is 0.0506. The first-order valence-electron chi connectivity index (χ1n) is 14.7. The van der Waals surface area contributed by atoms with Gasteiger partial charge in [0.15, 0.2) is 24.5 Å². The zero-order valence-electron chi connectivity index (χ0n) is 26.3. The summed E-state index contributed by atoms with van der Waals surface area (Å²) >= 11 is 6.03. The van der Waals surface area contributed by atoms with Crippen LogP contribution in [0.2, 0.25) is 0 Å². The lowest BCUT2D eigenvalue weighted by Crippen LogP contribution is -2.60. The summed E-state index contributed by atoms with van der Waals surface area (Å²) in [6.45, 7) is 4.26. The first-order chi connectivity index (χ1) is 22.4. The first-order valence-corrected chi connectivity index (χ1v) is 15.1. The zero-order valence-corrected chi connectivity index (χ0v) is 27.1. The Bertz CT molecular complexity index is 1840. The lowest BCUT2D eigenvalue weighted by Gasteiger charge is -2.45. The lowest BCUT2D eigenvalue weighted by atomic mass is 9.93. The third kappa shape index (κ3) is 6.61. The van der Waals surface area contributed by atoms with Gasteiger partial charge in [-0.05, 0) is 28.8 Å². The second-order valence-electron chi connectivity index (χ2n) is 11.0. The molecule has 244 valence electrons. The monoisotopic (exact) mass is 660 g/mol. The molecule has 2 heterocycles. The van der Waals surface area contributed by atoms with Gasteiger partial charge in [-0.15, -0.1) is 0 Å². The van der Waals surface area contributed by atoms with Gasteiger partial charge in [0, 0.05) is 45.2 Å². The number of nitrogens with zero attached hydrogens (tertiary/aromatic N) is 2. The number of nitriles is 1. The zero-order chi connectivity index (χ0) is 34.0. The molecule has 0 spiro atoms. The molecule has 12 nitrogen and oxygen atoms in total. The molecule has 0 N–H and O–H groups in total. The Morgan fingerprint density at radius 1 is 0.894 bits per heavy atom. The standard InChI is InChI=1S/C34H32N2O10S/c1-17(37)42-16-27-30(43-18(2)38)31(44-19(3)39)32(45-20(4)40)33(46-27)36-29-24-9-7-6-8-22(24)14-25(29)28(26(15-35)34(36)47)21-10-12-23(41-5)13-11-21/h6-13,27,30-33H,14,16H2,1-5H3/t27-,30-,31+,32-,33-/m1/s1. The van der Waals surface area contributed by atoms with Crippen LogP contribution in [0.25, 0.3) is 22.4 Å². The number of hydrogen-bond acceptors (Lipinski definition) is 12. The van der Waals surface area contributed by atoms with Crippen molar-refractivity contribution in [2.75, 3.05) is 13.7 Å². The van der Waals surface area contributed by atoms with E-state index in [4.69, 9.17) is 40.6 Å². The van der Waals surface area contributed by atoms with Gasteiger partial charge in [0.05, 0.1) is 18.4 Å². The average molecular weight is 661 g/mol. The highest BCUT2D eigenvalue weighted by atomic mass is 32.1. The smallest absolute Gasteiger partial charge is 0.303 e. The number of methoxy groups -OCH3 is 1. The Kier molecular flexibility index (Phi) is 9.74. The minimum Gasteiger partial charge on any atom is -0.497 e. The number of hydrogen-bond donors (Lipinski definition) is 0. The number of pyridine rings is 1. The molecular formula is C34H32N2O10S. The van der Waals surface area contributed by atoms with Gasteiger partial charge in [0.2, 0.25) is 0 Å². The van der Waals surface area contributed by atoms with Crippen molar-refractivity contribution in [3.05, 3.63) is 69.9 Å². The Morgan fingerprint density at radius 2 is 1.51 bits per heavy atom. The van der Waals surface area contributed by atoms with Crippen LogP contribution >= 0.6 is 12.2 Å². The number of ether oxygens (including phenoxy) is 6. The predicted molar refractivity (Wildman–Crippen MR) is 167 cm³/mol. The Morgan fingerprint density at radius 3 is 2.11 bits per heavy atom. The SMILES string of the molecule is COc1ccc(-c2c3c(n([C@@H]4O[C@H](COC(C)=O)[C@@H](OC(C)=O)[C@H](OC(C)=O)[C@H]4OC(C)=O)c(=S)c2C#N)-c2ccccc2C3)cc1. The predicted octanol–water partition coefficient (Wildman–Crippen LogP) is 4.59. The van der Waals surface area contributed by atoms with Crippen LogP contribution in [-0.4, -0.2) is 66.6 Å². The Balaban J connectivity index is 1.82. The van der Waals surface area contributed by atoms with E-state index in [1.807, 2.05) is 36.4 Å². The highest BCUT2D eigenvalue weighted by molar-refractivity contribution is 7.71. The summed E-state index contributed by atoms with van der Waals surface area (Å²) in [5, 5.41) is 10.6. The van der Waals surface area contributed by atoms with Gasteiger partial charge in [0.1, 0.15) is 29.2 Å². The van der Waals surface area contributed by atoms with Crippen molar-refractivity contribution in [2.45, 2.75) is 64.8 Å². The molecule has 1 aliphatic carbocycles. The summed E-state index contributed by atoms with van der Waals surface area (Å²) in [4.78, 5) is 49.2. The maximum absolute atomic E-state index is 12.6. The summed E-state index contributed by atoms with van der Waals surface area (Å²) in [5.41, 5.74) is 4.59. The molecule has 3 aromatic rings. The fraction of sp³-hybridized carbons (Fsp3) is 0.353. The van der Waals surface area contributed by atoms with E-state index in [-0.39, 0.29) is 10.2 Å². The molecule has 0 saturated carbocycles. The molecule has 1 saturated heterocycles. The van der Waals surface area contributed by atoms with E-state index in [1.165, 1.54) is 13.8 Å². The van der Waals surface area contributed by atoms with Crippen molar-refractivity contribution in [1.82, 2.24) is 4.57 Å². The second-order valence-corrected chi connectivity index (χ2v) is 11.4. The van der Waals surface area contributed by atoms with Crippen LogP contribution in [0, 0.1) is 16.0 Å². The fourth-order valence-corrected chi connectivity index (χ4v) is 6.48. The Labute approximate surface area is 275 Å².